The number of methoxy groups -OCH3 is 1. The lowest BCUT2D eigenvalue weighted by Crippen LogP contribution is -2.37. The van der Waals surface area contributed by atoms with E-state index < -0.39 is 29.5 Å². The Bertz CT molecular complexity index is 1450. The molecule has 0 spiro atoms. The number of amides is 1. The number of hydrogen-bond donors (Lipinski definition) is 1. The Morgan fingerprint density at radius 2 is 1.43 bits per heavy atom. The number of halogens is 2. The monoisotopic (exact) mass is 578 g/mol. The van der Waals surface area contributed by atoms with Crippen molar-refractivity contribution < 1.29 is 33.0 Å². The molecule has 1 atom stereocenters. The van der Waals surface area contributed by atoms with Crippen LogP contribution in [0.1, 0.15) is 68.2 Å². The second kappa shape index (κ2) is 13.7. The SMILES string of the molecule is COC(=O)C[C@H](O)CC(=O)C=Cc1c(-c2ccc(F)cc2)c(-c2ccc(F)cc2)c(C(=O)N2CCCCC2)n1C(C)C. The molecule has 7 nitrogen and oxygen atoms in total. The summed E-state index contributed by atoms with van der Waals surface area (Å²) in [5.41, 5.74) is 3.30. The van der Waals surface area contributed by atoms with Crippen LogP contribution in [-0.4, -0.2) is 58.5 Å². The van der Waals surface area contributed by atoms with Crippen molar-refractivity contribution in [3.05, 3.63) is 77.6 Å². The molecule has 42 heavy (non-hydrogen) atoms. The van der Waals surface area contributed by atoms with E-state index in [1.54, 1.807) is 30.3 Å². The maximum Gasteiger partial charge on any atom is 0.308 e. The van der Waals surface area contributed by atoms with Crippen molar-refractivity contribution in [1.29, 1.82) is 0 Å². The number of carbonyl (C=O) groups is 3. The van der Waals surface area contributed by atoms with Crippen LogP contribution >= 0.6 is 0 Å². The molecule has 1 aliphatic heterocycles. The number of piperidine rings is 1. The second-order valence-electron chi connectivity index (χ2n) is 10.8. The van der Waals surface area contributed by atoms with Crippen LogP contribution in [0.3, 0.4) is 0 Å². The molecule has 1 aromatic heterocycles. The van der Waals surface area contributed by atoms with Gasteiger partial charge in [0.1, 0.15) is 17.3 Å². The smallest absolute Gasteiger partial charge is 0.308 e. The van der Waals surface area contributed by atoms with Gasteiger partial charge < -0.3 is 19.3 Å². The van der Waals surface area contributed by atoms with Gasteiger partial charge in [0, 0.05) is 36.7 Å². The molecule has 0 bridgehead atoms. The zero-order valence-corrected chi connectivity index (χ0v) is 24.1. The van der Waals surface area contributed by atoms with Crippen molar-refractivity contribution in [2.24, 2.45) is 0 Å². The average molecular weight is 579 g/mol. The Hall–Kier alpha value is -4.11. The third kappa shape index (κ3) is 7.02. The van der Waals surface area contributed by atoms with Gasteiger partial charge in [-0.15, -0.1) is 0 Å². The quantitative estimate of drug-likeness (QED) is 0.229. The largest absolute Gasteiger partial charge is 0.469 e. The van der Waals surface area contributed by atoms with Crippen LogP contribution in [-0.2, 0) is 14.3 Å². The lowest BCUT2D eigenvalue weighted by molar-refractivity contribution is -0.143. The van der Waals surface area contributed by atoms with Gasteiger partial charge in [-0.2, -0.15) is 0 Å². The van der Waals surface area contributed by atoms with Gasteiger partial charge in [-0.1, -0.05) is 24.3 Å². The molecule has 1 amide bonds. The summed E-state index contributed by atoms with van der Waals surface area (Å²) in [5.74, 6) is -2.09. The molecule has 0 radical (unpaired) electrons. The fraction of sp³-hybridized carbons (Fsp3) is 0.364. The van der Waals surface area contributed by atoms with Crippen LogP contribution in [0.4, 0.5) is 8.78 Å². The molecule has 9 heteroatoms. The lowest BCUT2D eigenvalue weighted by Gasteiger charge is -2.28. The average Bonchev–Trinajstić information content (AvgIpc) is 3.32. The summed E-state index contributed by atoms with van der Waals surface area (Å²) < 4.78 is 34.5. The van der Waals surface area contributed by atoms with Gasteiger partial charge >= 0.3 is 5.97 Å². The molecule has 0 unspecified atom stereocenters. The minimum atomic E-state index is -1.21. The number of ketones is 1. The molecule has 222 valence electrons. The zero-order chi connectivity index (χ0) is 30.4. The first-order valence-corrected chi connectivity index (χ1v) is 14.2. The van der Waals surface area contributed by atoms with Crippen LogP contribution < -0.4 is 0 Å². The molecule has 1 saturated heterocycles. The summed E-state index contributed by atoms with van der Waals surface area (Å²) >= 11 is 0. The van der Waals surface area contributed by atoms with Crippen molar-refractivity contribution in [2.75, 3.05) is 20.2 Å². The van der Waals surface area contributed by atoms with Crippen molar-refractivity contribution in [3.63, 3.8) is 0 Å². The third-order valence-corrected chi connectivity index (χ3v) is 7.37. The van der Waals surface area contributed by atoms with Crippen LogP contribution in [0.5, 0.6) is 0 Å². The number of aliphatic hydroxyl groups is 1. The summed E-state index contributed by atoms with van der Waals surface area (Å²) in [7, 11) is 1.20. The van der Waals surface area contributed by atoms with Gasteiger partial charge in [0.15, 0.2) is 5.78 Å². The van der Waals surface area contributed by atoms with E-state index in [1.807, 2.05) is 23.3 Å². The maximum atomic E-state index is 14.3. The van der Waals surface area contributed by atoms with E-state index in [-0.39, 0.29) is 24.8 Å². The van der Waals surface area contributed by atoms with Crippen LogP contribution in [0.25, 0.3) is 28.3 Å². The number of allylic oxidation sites excluding steroid dienone is 1. The molecule has 0 saturated carbocycles. The normalized spacial score (nSPS) is 14.4. The Balaban J connectivity index is 1.95. The van der Waals surface area contributed by atoms with E-state index in [0.717, 1.165) is 19.3 Å². The molecule has 1 aliphatic rings. The van der Waals surface area contributed by atoms with Gasteiger partial charge in [-0.05, 0) is 80.7 Å². The number of rotatable bonds is 10. The van der Waals surface area contributed by atoms with Gasteiger partial charge in [-0.3, -0.25) is 14.4 Å². The van der Waals surface area contributed by atoms with Crippen LogP contribution in [0, 0.1) is 11.6 Å². The highest BCUT2D eigenvalue weighted by atomic mass is 19.1. The Labute approximate surface area is 244 Å². The number of ether oxygens (including phenoxy) is 1. The third-order valence-electron chi connectivity index (χ3n) is 7.37. The predicted octanol–water partition coefficient (Wildman–Crippen LogP) is 6.20. The molecule has 3 aromatic rings. The molecule has 2 aromatic carbocycles. The van der Waals surface area contributed by atoms with Crippen molar-refractivity contribution in [1.82, 2.24) is 9.47 Å². The van der Waals surface area contributed by atoms with E-state index in [2.05, 4.69) is 4.74 Å². The van der Waals surface area contributed by atoms with E-state index >= 15 is 0 Å². The second-order valence-corrected chi connectivity index (χ2v) is 10.8. The number of carbonyl (C=O) groups excluding carboxylic acids is 3. The standard InChI is InChI=1S/C33H36F2N2O5/c1-21(2)37-28(16-15-26(38)19-27(39)20-29(40)42-3)30(22-7-11-24(34)12-8-22)31(23-9-13-25(35)14-10-23)32(37)33(41)36-17-5-4-6-18-36/h7-16,21,27,39H,4-6,17-20H2,1-3H3/t27-/m1/s1. The van der Waals surface area contributed by atoms with Crippen molar-refractivity contribution in [2.45, 2.75) is 58.1 Å². The number of benzene rings is 2. The molecule has 1 N–H and O–H groups in total. The minimum Gasteiger partial charge on any atom is -0.469 e. The van der Waals surface area contributed by atoms with Crippen LogP contribution in [0.15, 0.2) is 54.6 Å². The van der Waals surface area contributed by atoms with Crippen molar-refractivity contribution in [3.8, 4) is 22.3 Å². The molecule has 0 aliphatic carbocycles. The fourth-order valence-electron chi connectivity index (χ4n) is 5.39. The topological polar surface area (TPSA) is 88.8 Å². The van der Waals surface area contributed by atoms with Gasteiger partial charge in [0.2, 0.25) is 0 Å². The zero-order valence-electron chi connectivity index (χ0n) is 24.1. The summed E-state index contributed by atoms with van der Waals surface area (Å²) in [5, 5.41) is 10.2. The Morgan fingerprint density at radius 1 is 0.881 bits per heavy atom. The number of aliphatic hydroxyl groups excluding tert-OH is 1. The van der Waals surface area contributed by atoms with Crippen molar-refractivity contribution >= 4 is 23.7 Å². The fourth-order valence-corrected chi connectivity index (χ4v) is 5.39. The first-order valence-electron chi connectivity index (χ1n) is 14.2. The molecular weight excluding hydrogens is 542 g/mol. The number of nitrogens with zero attached hydrogens (tertiary/aromatic N) is 2. The number of likely N-dealkylation sites (tertiary alicyclic amines) is 1. The van der Waals surface area contributed by atoms with E-state index in [9.17, 15) is 28.3 Å². The Kier molecular flexibility index (Phi) is 10.1. The first-order chi connectivity index (χ1) is 20.1. The predicted molar refractivity (Wildman–Crippen MR) is 157 cm³/mol. The Morgan fingerprint density at radius 3 is 1.95 bits per heavy atom. The van der Waals surface area contributed by atoms with E-state index in [4.69, 9.17) is 0 Å². The molecule has 2 heterocycles. The van der Waals surface area contributed by atoms with Gasteiger partial charge in [0.25, 0.3) is 5.91 Å². The highest BCUT2D eigenvalue weighted by molar-refractivity contribution is 6.07. The highest BCUT2D eigenvalue weighted by Crippen LogP contribution is 2.43. The number of aromatic nitrogens is 1. The first kappa shape index (κ1) is 30.8. The minimum absolute atomic E-state index is 0.175. The maximum absolute atomic E-state index is 14.3. The molecule has 1 fully saturated rings. The molecule has 4 rings (SSSR count). The summed E-state index contributed by atoms with van der Waals surface area (Å²) in [4.78, 5) is 40.5. The number of hydrogen-bond acceptors (Lipinski definition) is 5. The summed E-state index contributed by atoms with van der Waals surface area (Å²) in [6, 6.07) is 11.5. The molecular formula is C33H36F2N2O5. The highest BCUT2D eigenvalue weighted by Gasteiger charge is 2.32. The summed E-state index contributed by atoms with van der Waals surface area (Å²) in [6.07, 6.45) is 3.89. The van der Waals surface area contributed by atoms with Gasteiger partial charge in [0.05, 0.1) is 25.3 Å². The lowest BCUT2D eigenvalue weighted by atomic mass is 9.94. The van der Waals surface area contributed by atoms with E-state index in [0.29, 0.717) is 46.7 Å². The summed E-state index contributed by atoms with van der Waals surface area (Å²) in [6.45, 7) is 5.07. The number of esters is 1. The van der Waals surface area contributed by atoms with Gasteiger partial charge in [-0.25, -0.2) is 8.78 Å². The van der Waals surface area contributed by atoms with E-state index in [1.165, 1.54) is 37.5 Å². The van der Waals surface area contributed by atoms with Crippen LogP contribution in [0.2, 0.25) is 0 Å².